The standard InChI is InChI=1S/C15H14BrClN2O/c1-9-6-12(18)8-13(17)15(9)19-14(20)7-10-2-4-11(16)5-3-10/h2-6,8H,7,18H2,1H3,(H,19,20). The molecule has 0 radical (unpaired) electrons. The highest BCUT2D eigenvalue weighted by atomic mass is 79.9. The van der Waals surface area contributed by atoms with Crippen LogP contribution in [0.5, 0.6) is 0 Å². The van der Waals surface area contributed by atoms with E-state index in [2.05, 4.69) is 21.2 Å². The minimum absolute atomic E-state index is 0.109. The van der Waals surface area contributed by atoms with Crippen LogP contribution < -0.4 is 11.1 Å². The van der Waals surface area contributed by atoms with E-state index in [0.29, 0.717) is 22.8 Å². The van der Waals surface area contributed by atoms with Gasteiger partial charge in [-0.25, -0.2) is 0 Å². The van der Waals surface area contributed by atoms with Crippen molar-refractivity contribution in [2.24, 2.45) is 0 Å². The number of aryl methyl sites for hydroxylation is 1. The number of hydrogen-bond donors (Lipinski definition) is 2. The quantitative estimate of drug-likeness (QED) is 0.814. The Labute approximate surface area is 131 Å². The molecule has 0 atom stereocenters. The van der Waals surface area contributed by atoms with E-state index in [-0.39, 0.29) is 5.91 Å². The molecule has 0 bridgehead atoms. The first kappa shape index (κ1) is 14.9. The first-order valence-electron chi connectivity index (χ1n) is 6.05. The minimum atomic E-state index is -0.109. The molecule has 0 aliphatic rings. The molecule has 0 unspecified atom stereocenters. The number of anilines is 2. The normalized spacial score (nSPS) is 10.3. The molecular formula is C15H14BrClN2O. The van der Waals surface area contributed by atoms with Gasteiger partial charge < -0.3 is 11.1 Å². The number of benzene rings is 2. The van der Waals surface area contributed by atoms with Gasteiger partial charge in [0.1, 0.15) is 0 Å². The third-order valence-electron chi connectivity index (χ3n) is 2.85. The van der Waals surface area contributed by atoms with Crippen molar-refractivity contribution < 1.29 is 4.79 Å². The molecule has 0 aliphatic carbocycles. The Balaban J connectivity index is 2.10. The number of nitrogens with one attached hydrogen (secondary N) is 1. The molecule has 2 aromatic rings. The molecule has 20 heavy (non-hydrogen) atoms. The number of halogens is 2. The van der Waals surface area contributed by atoms with Crippen LogP contribution in [0.3, 0.4) is 0 Å². The fourth-order valence-corrected chi connectivity index (χ4v) is 2.49. The van der Waals surface area contributed by atoms with Gasteiger partial charge in [-0.2, -0.15) is 0 Å². The Morgan fingerprint density at radius 3 is 2.55 bits per heavy atom. The van der Waals surface area contributed by atoms with E-state index >= 15 is 0 Å². The molecule has 3 nitrogen and oxygen atoms in total. The number of nitrogen functional groups attached to an aromatic ring is 1. The smallest absolute Gasteiger partial charge is 0.228 e. The van der Waals surface area contributed by atoms with Gasteiger partial charge in [-0.3, -0.25) is 4.79 Å². The predicted octanol–water partition coefficient (Wildman–Crippen LogP) is 4.17. The Kier molecular flexibility index (Phi) is 4.68. The Morgan fingerprint density at radius 2 is 1.95 bits per heavy atom. The average molecular weight is 354 g/mol. The number of nitrogens with two attached hydrogens (primary N) is 1. The minimum Gasteiger partial charge on any atom is -0.399 e. The molecular weight excluding hydrogens is 340 g/mol. The first-order valence-corrected chi connectivity index (χ1v) is 7.22. The van der Waals surface area contributed by atoms with Gasteiger partial charge >= 0.3 is 0 Å². The van der Waals surface area contributed by atoms with Crippen LogP contribution in [0.15, 0.2) is 40.9 Å². The van der Waals surface area contributed by atoms with Crippen molar-refractivity contribution in [1.82, 2.24) is 0 Å². The van der Waals surface area contributed by atoms with Crippen LogP contribution in [0, 0.1) is 6.92 Å². The van der Waals surface area contributed by atoms with Crippen LogP contribution in [0.25, 0.3) is 0 Å². The number of hydrogen-bond acceptors (Lipinski definition) is 2. The third kappa shape index (κ3) is 3.74. The maximum Gasteiger partial charge on any atom is 0.228 e. The Morgan fingerprint density at radius 1 is 1.30 bits per heavy atom. The topological polar surface area (TPSA) is 55.1 Å². The van der Waals surface area contributed by atoms with E-state index in [1.807, 2.05) is 31.2 Å². The van der Waals surface area contributed by atoms with Gasteiger partial charge in [0.15, 0.2) is 0 Å². The molecule has 2 aromatic carbocycles. The third-order valence-corrected chi connectivity index (χ3v) is 3.68. The van der Waals surface area contributed by atoms with Crippen LogP contribution in [0.2, 0.25) is 5.02 Å². The fourth-order valence-electron chi connectivity index (χ4n) is 1.90. The van der Waals surface area contributed by atoms with E-state index in [9.17, 15) is 4.79 Å². The van der Waals surface area contributed by atoms with Crippen LogP contribution in [-0.2, 0) is 11.2 Å². The highest BCUT2D eigenvalue weighted by molar-refractivity contribution is 9.10. The average Bonchev–Trinajstić information content (AvgIpc) is 2.36. The maximum atomic E-state index is 12.0. The molecule has 104 valence electrons. The highest BCUT2D eigenvalue weighted by Gasteiger charge is 2.10. The van der Waals surface area contributed by atoms with Crippen molar-refractivity contribution in [1.29, 1.82) is 0 Å². The summed E-state index contributed by atoms with van der Waals surface area (Å²) >= 11 is 9.46. The van der Waals surface area contributed by atoms with Gasteiger partial charge in [-0.1, -0.05) is 39.7 Å². The summed E-state index contributed by atoms with van der Waals surface area (Å²) in [7, 11) is 0. The lowest BCUT2D eigenvalue weighted by Gasteiger charge is -2.11. The SMILES string of the molecule is Cc1cc(N)cc(Cl)c1NC(=O)Cc1ccc(Br)cc1. The fraction of sp³-hybridized carbons (Fsp3) is 0.133. The van der Waals surface area contributed by atoms with E-state index in [1.165, 1.54) is 0 Å². The lowest BCUT2D eigenvalue weighted by atomic mass is 10.1. The highest BCUT2D eigenvalue weighted by Crippen LogP contribution is 2.28. The number of carbonyl (C=O) groups is 1. The van der Waals surface area contributed by atoms with Crippen molar-refractivity contribution in [3.63, 3.8) is 0 Å². The zero-order valence-electron chi connectivity index (χ0n) is 10.9. The zero-order valence-corrected chi connectivity index (χ0v) is 13.3. The summed E-state index contributed by atoms with van der Waals surface area (Å²) < 4.78 is 0.985. The molecule has 0 heterocycles. The maximum absolute atomic E-state index is 12.0. The zero-order chi connectivity index (χ0) is 14.7. The monoisotopic (exact) mass is 352 g/mol. The molecule has 0 aromatic heterocycles. The van der Waals surface area contributed by atoms with Crippen molar-refractivity contribution in [2.45, 2.75) is 13.3 Å². The van der Waals surface area contributed by atoms with Crippen LogP contribution in [-0.4, -0.2) is 5.91 Å². The van der Waals surface area contributed by atoms with E-state index in [1.54, 1.807) is 12.1 Å². The lowest BCUT2D eigenvalue weighted by molar-refractivity contribution is -0.115. The van der Waals surface area contributed by atoms with Crippen LogP contribution in [0.4, 0.5) is 11.4 Å². The molecule has 0 spiro atoms. The molecule has 2 rings (SSSR count). The lowest BCUT2D eigenvalue weighted by Crippen LogP contribution is -2.15. The predicted molar refractivity (Wildman–Crippen MR) is 87.1 cm³/mol. The van der Waals surface area contributed by atoms with Gasteiger partial charge in [-0.05, 0) is 42.3 Å². The summed E-state index contributed by atoms with van der Waals surface area (Å²) in [5.74, 6) is -0.109. The molecule has 1 amide bonds. The van der Waals surface area contributed by atoms with Gasteiger partial charge in [-0.15, -0.1) is 0 Å². The molecule has 3 N–H and O–H groups in total. The van der Waals surface area contributed by atoms with Gasteiger partial charge in [0.2, 0.25) is 5.91 Å². The summed E-state index contributed by atoms with van der Waals surface area (Å²) in [6.45, 7) is 1.86. The Bertz CT molecular complexity index is 618. The molecule has 0 aliphatic heterocycles. The van der Waals surface area contributed by atoms with Crippen LogP contribution in [0.1, 0.15) is 11.1 Å². The number of rotatable bonds is 3. The van der Waals surface area contributed by atoms with Crippen molar-refractivity contribution in [3.05, 3.63) is 57.0 Å². The summed E-state index contributed by atoms with van der Waals surface area (Å²) in [5.41, 5.74) is 8.68. The molecule has 0 saturated carbocycles. The second-order valence-electron chi connectivity index (χ2n) is 4.55. The first-order chi connectivity index (χ1) is 9.45. The number of carbonyl (C=O) groups excluding carboxylic acids is 1. The second-order valence-corrected chi connectivity index (χ2v) is 5.87. The van der Waals surface area contributed by atoms with Gasteiger partial charge in [0.25, 0.3) is 0 Å². The summed E-state index contributed by atoms with van der Waals surface area (Å²) in [6.07, 6.45) is 0.299. The van der Waals surface area contributed by atoms with Crippen LogP contribution >= 0.6 is 27.5 Å². The second kappa shape index (κ2) is 6.29. The van der Waals surface area contributed by atoms with Crippen molar-refractivity contribution >= 4 is 44.8 Å². The van der Waals surface area contributed by atoms with E-state index in [4.69, 9.17) is 17.3 Å². The van der Waals surface area contributed by atoms with Gasteiger partial charge in [0.05, 0.1) is 17.1 Å². The molecule has 0 fully saturated rings. The molecule has 0 saturated heterocycles. The van der Waals surface area contributed by atoms with Gasteiger partial charge in [0, 0.05) is 10.2 Å². The van der Waals surface area contributed by atoms with E-state index in [0.717, 1.165) is 15.6 Å². The summed E-state index contributed by atoms with van der Waals surface area (Å²) in [6, 6.07) is 11.0. The summed E-state index contributed by atoms with van der Waals surface area (Å²) in [4.78, 5) is 12.0. The van der Waals surface area contributed by atoms with Crippen molar-refractivity contribution in [3.8, 4) is 0 Å². The largest absolute Gasteiger partial charge is 0.399 e. The summed E-state index contributed by atoms with van der Waals surface area (Å²) in [5, 5.41) is 3.28. The van der Waals surface area contributed by atoms with E-state index < -0.39 is 0 Å². The van der Waals surface area contributed by atoms with Crippen molar-refractivity contribution in [2.75, 3.05) is 11.1 Å². The molecule has 5 heteroatoms. The number of amides is 1. The Hall–Kier alpha value is -1.52.